The van der Waals surface area contributed by atoms with Crippen molar-refractivity contribution in [2.45, 2.75) is 6.42 Å². The zero-order valence-electron chi connectivity index (χ0n) is 9.74. The average Bonchev–Trinajstić information content (AvgIpc) is 2.49. The van der Waals surface area contributed by atoms with E-state index in [1.807, 2.05) is 0 Å². The molecule has 0 spiro atoms. The summed E-state index contributed by atoms with van der Waals surface area (Å²) < 4.78 is 22.9. The number of nitrogens with zero attached hydrogens (tertiary/aromatic N) is 3. The molecule has 98 valence electrons. The molecule has 2 N–H and O–H groups in total. The molecule has 0 aromatic carbocycles. The van der Waals surface area contributed by atoms with Gasteiger partial charge in [0.1, 0.15) is 11.5 Å². The molecule has 1 aromatic rings. The first-order valence-corrected chi connectivity index (χ1v) is 7.37. The fourth-order valence-corrected chi connectivity index (χ4v) is 3.06. The molecule has 0 unspecified atom stereocenters. The fraction of sp³-hybridized carbons (Fsp3) is 0.500. The first-order chi connectivity index (χ1) is 8.48. The van der Waals surface area contributed by atoms with Gasteiger partial charge in [0.2, 0.25) is 0 Å². The third kappa shape index (κ3) is 2.95. The van der Waals surface area contributed by atoms with E-state index in [1.165, 1.54) is 17.3 Å². The van der Waals surface area contributed by atoms with Crippen LogP contribution in [0, 0.1) is 0 Å². The van der Waals surface area contributed by atoms with Gasteiger partial charge in [-0.25, -0.2) is 13.4 Å². The van der Waals surface area contributed by atoms with Crippen molar-refractivity contribution in [2.75, 3.05) is 30.3 Å². The summed E-state index contributed by atoms with van der Waals surface area (Å²) in [5, 5.41) is 0. The second kappa shape index (κ2) is 4.89. The van der Waals surface area contributed by atoms with Crippen molar-refractivity contribution >= 4 is 21.6 Å². The highest BCUT2D eigenvalue weighted by Gasteiger charge is 2.24. The number of carbonyl (C=O) groups excluding carboxylic acids is 1. The van der Waals surface area contributed by atoms with Crippen LogP contribution >= 0.6 is 0 Å². The lowest BCUT2D eigenvalue weighted by Crippen LogP contribution is -2.34. The van der Waals surface area contributed by atoms with Crippen LogP contribution in [-0.4, -0.2) is 53.8 Å². The largest absolute Gasteiger partial charge is 0.382 e. The van der Waals surface area contributed by atoms with E-state index in [2.05, 4.69) is 9.97 Å². The number of rotatable bonds is 1. The monoisotopic (exact) mass is 270 g/mol. The Kier molecular flexibility index (Phi) is 3.46. The molecule has 0 aliphatic carbocycles. The van der Waals surface area contributed by atoms with Crippen molar-refractivity contribution in [3.63, 3.8) is 0 Å². The number of nitrogen functional groups attached to an aromatic ring is 1. The normalized spacial score (nSPS) is 19.2. The Hall–Kier alpha value is -1.70. The van der Waals surface area contributed by atoms with E-state index in [0.29, 0.717) is 13.0 Å². The molecule has 1 aliphatic rings. The van der Waals surface area contributed by atoms with Crippen LogP contribution in [0.15, 0.2) is 12.4 Å². The van der Waals surface area contributed by atoms with Crippen LogP contribution in [0.25, 0.3) is 0 Å². The van der Waals surface area contributed by atoms with Crippen LogP contribution in [0.1, 0.15) is 16.9 Å². The molecule has 1 aromatic heterocycles. The smallest absolute Gasteiger partial charge is 0.274 e. The maximum atomic E-state index is 12.1. The van der Waals surface area contributed by atoms with E-state index < -0.39 is 9.84 Å². The molecule has 0 radical (unpaired) electrons. The van der Waals surface area contributed by atoms with Gasteiger partial charge in [-0.3, -0.25) is 9.78 Å². The number of nitrogens with two attached hydrogens (primary N) is 1. The second-order valence-electron chi connectivity index (χ2n) is 4.13. The molecule has 1 amide bonds. The maximum Gasteiger partial charge on any atom is 0.274 e. The highest BCUT2D eigenvalue weighted by molar-refractivity contribution is 7.91. The van der Waals surface area contributed by atoms with E-state index in [9.17, 15) is 13.2 Å². The summed E-state index contributed by atoms with van der Waals surface area (Å²) in [6.45, 7) is 0.603. The summed E-state index contributed by atoms with van der Waals surface area (Å²) in [5.41, 5.74) is 5.61. The van der Waals surface area contributed by atoms with Gasteiger partial charge < -0.3 is 10.6 Å². The maximum absolute atomic E-state index is 12.1. The number of hydrogen-bond acceptors (Lipinski definition) is 6. The van der Waals surface area contributed by atoms with Gasteiger partial charge >= 0.3 is 0 Å². The lowest BCUT2D eigenvalue weighted by molar-refractivity contribution is 0.0762. The topological polar surface area (TPSA) is 106 Å². The van der Waals surface area contributed by atoms with Gasteiger partial charge in [0.05, 0.1) is 23.9 Å². The summed E-state index contributed by atoms with van der Waals surface area (Å²) in [6, 6.07) is 0. The van der Waals surface area contributed by atoms with Crippen molar-refractivity contribution in [2.24, 2.45) is 0 Å². The minimum atomic E-state index is -3.03. The van der Waals surface area contributed by atoms with Crippen molar-refractivity contribution < 1.29 is 13.2 Å². The van der Waals surface area contributed by atoms with Crippen LogP contribution in [0.5, 0.6) is 0 Å². The van der Waals surface area contributed by atoms with Crippen LogP contribution < -0.4 is 5.73 Å². The van der Waals surface area contributed by atoms with Gasteiger partial charge in [-0.15, -0.1) is 0 Å². The number of aromatic nitrogens is 2. The Morgan fingerprint density at radius 3 is 2.78 bits per heavy atom. The van der Waals surface area contributed by atoms with Gasteiger partial charge in [0.15, 0.2) is 9.84 Å². The molecule has 2 heterocycles. The molecule has 8 heteroatoms. The first kappa shape index (κ1) is 12.7. The van der Waals surface area contributed by atoms with Crippen molar-refractivity contribution in [3.05, 3.63) is 18.1 Å². The molecule has 2 rings (SSSR count). The average molecular weight is 270 g/mol. The van der Waals surface area contributed by atoms with Gasteiger partial charge in [0.25, 0.3) is 5.91 Å². The van der Waals surface area contributed by atoms with Crippen LogP contribution in [-0.2, 0) is 9.84 Å². The molecule has 1 aliphatic heterocycles. The van der Waals surface area contributed by atoms with Gasteiger partial charge in [-0.05, 0) is 6.42 Å². The number of carbonyl (C=O) groups is 1. The molecule has 1 saturated heterocycles. The predicted molar refractivity (Wildman–Crippen MR) is 65.6 cm³/mol. The number of anilines is 1. The van der Waals surface area contributed by atoms with Crippen LogP contribution in [0.4, 0.5) is 5.82 Å². The zero-order chi connectivity index (χ0) is 13.2. The summed E-state index contributed by atoms with van der Waals surface area (Å²) >= 11 is 0. The lowest BCUT2D eigenvalue weighted by Gasteiger charge is -2.18. The van der Waals surface area contributed by atoms with Crippen molar-refractivity contribution in [1.82, 2.24) is 14.9 Å². The first-order valence-electron chi connectivity index (χ1n) is 5.55. The third-order valence-electron chi connectivity index (χ3n) is 2.72. The van der Waals surface area contributed by atoms with Crippen molar-refractivity contribution in [3.8, 4) is 0 Å². The molecule has 0 atom stereocenters. The molecule has 0 bridgehead atoms. The molecular weight excluding hydrogens is 256 g/mol. The van der Waals surface area contributed by atoms with Crippen molar-refractivity contribution in [1.29, 1.82) is 0 Å². The zero-order valence-corrected chi connectivity index (χ0v) is 10.6. The highest BCUT2D eigenvalue weighted by Crippen LogP contribution is 2.09. The van der Waals surface area contributed by atoms with Gasteiger partial charge in [-0.2, -0.15) is 0 Å². The second-order valence-corrected chi connectivity index (χ2v) is 6.43. The quantitative estimate of drug-likeness (QED) is 0.724. The number of amides is 1. The predicted octanol–water partition coefficient (Wildman–Crippen LogP) is -0.681. The Balaban J connectivity index is 2.14. The Bertz CT molecular complexity index is 558. The minimum Gasteiger partial charge on any atom is -0.382 e. The third-order valence-corrected chi connectivity index (χ3v) is 4.43. The Labute approximate surface area is 105 Å². The number of sulfone groups is 1. The summed E-state index contributed by atoms with van der Waals surface area (Å²) in [7, 11) is -3.03. The molecule has 0 saturated carbocycles. The summed E-state index contributed by atoms with van der Waals surface area (Å²) in [6.07, 6.45) is 3.13. The SMILES string of the molecule is Nc1cncc(C(=O)N2CCCS(=O)(=O)CC2)n1. The van der Waals surface area contributed by atoms with Gasteiger partial charge in [-0.1, -0.05) is 0 Å². The standard InChI is InChI=1S/C10H14N4O3S/c11-9-7-12-6-8(13-9)10(15)14-2-1-4-18(16,17)5-3-14/h6-7H,1-5H2,(H2,11,13). The van der Waals surface area contributed by atoms with E-state index >= 15 is 0 Å². The minimum absolute atomic E-state index is 0.00547. The highest BCUT2D eigenvalue weighted by atomic mass is 32.2. The Morgan fingerprint density at radius 1 is 1.28 bits per heavy atom. The molecule has 18 heavy (non-hydrogen) atoms. The summed E-state index contributed by atoms with van der Waals surface area (Å²) in [4.78, 5) is 21.3. The van der Waals surface area contributed by atoms with Gasteiger partial charge in [0, 0.05) is 13.1 Å². The van der Waals surface area contributed by atoms with Crippen LogP contribution in [0.2, 0.25) is 0 Å². The van der Waals surface area contributed by atoms with E-state index in [4.69, 9.17) is 5.73 Å². The van der Waals surface area contributed by atoms with Crippen LogP contribution in [0.3, 0.4) is 0 Å². The van der Waals surface area contributed by atoms with E-state index in [1.54, 1.807) is 0 Å². The molecular formula is C10H14N4O3S. The fourth-order valence-electron chi connectivity index (χ4n) is 1.79. The number of hydrogen-bond donors (Lipinski definition) is 1. The molecule has 7 nitrogen and oxygen atoms in total. The summed E-state index contributed by atoms with van der Waals surface area (Å²) in [5.74, 6) is -0.0383. The Morgan fingerprint density at radius 2 is 2.06 bits per heavy atom. The molecule has 1 fully saturated rings. The van der Waals surface area contributed by atoms with E-state index in [0.717, 1.165) is 0 Å². The lowest BCUT2D eigenvalue weighted by atomic mass is 10.3. The van der Waals surface area contributed by atoms with E-state index in [-0.39, 0.29) is 35.5 Å².